The van der Waals surface area contributed by atoms with Crippen molar-refractivity contribution in [2.45, 2.75) is 13.0 Å². The summed E-state index contributed by atoms with van der Waals surface area (Å²) in [5, 5.41) is 19.7. The van der Waals surface area contributed by atoms with Gasteiger partial charge in [0, 0.05) is 24.2 Å². The van der Waals surface area contributed by atoms with E-state index in [2.05, 4.69) is 0 Å². The molecule has 0 radical (unpaired) electrons. The molecule has 1 N–H and O–H groups in total. The summed E-state index contributed by atoms with van der Waals surface area (Å²) in [6.07, 6.45) is 0. The highest BCUT2D eigenvalue weighted by molar-refractivity contribution is 5.41. The molecule has 1 aromatic rings. The molecule has 0 fully saturated rings. The van der Waals surface area contributed by atoms with Crippen LogP contribution in [-0.2, 0) is 0 Å². The quantitative estimate of drug-likeness (QED) is 0.609. The van der Waals surface area contributed by atoms with E-state index < -0.39 is 0 Å². The number of aliphatic hydroxyl groups is 1. The van der Waals surface area contributed by atoms with Gasteiger partial charge in [-0.25, -0.2) is 0 Å². The van der Waals surface area contributed by atoms with Crippen molar-refractivity contribution in [3.63, 3.8) is 0 Å². The lowest BCUT2D eigenvalue weighted by Crippen LogP contribution is -2.26. The Morgan fingerprint density at radius 1 is 1.50 bits per heavy atom. The maximum Gasteiger partial charge on any atom is 0.274 e. The van der Waals surface area contributed by atoms with Gasteiger partial charge in [0.2, 0.25) is 0 Å². The fourth-order valence-electron chi connectivity index (χ4n) is 1.60. The molecule has 0 spiro atoms. The van der Waals surface area contributed by atoms with Gasteiger partial charge in [0.1, 0.15) is 0 Å². The third-order valence-corrected chi connectivity index (χ3v) is 2.70. The summed E-state index contributed by atoms with van der Waals surface area (Å²) in [5.74, 6) is 0. The molecule has 1 atom stereocenters. The van der Waals surface area contributed by atoms with Crippen molar-refractivity contribution >= 4 is 5.69 Å². The predicted molar refractivity (Wildman–Crippen MR) is 61.2 cm³/mol. The highest BCUT2D eigenvalue weighted by atomic mass is 16.6. The van der Waals surface area contributed by atoms with Crippen LogP contribution in [0.4, 0.5) is 5.69 Å². The molecule has 0 aromatic heterocycles. The third-order valence-electron chi connectivity index (χ3n) is 2.70. The summed E-state index contributed by atoms with van der Waals surface area (Å²) in [5.41, 5.74) is 0.795. The standard InChI is InChI=1S/C11H16N2O3/c1-9(12(2)7-8-14)10-5-3-4-6-11(10)13(15)16/h3-6,9,14H,7-8H2,1-2H3. The van der Waals surface area contributed by atoms with Crippen LogP contribution in [0.2, 0.25) is 0 Å². The molecular formula is C11H16N2O3. The van der Waals surface area contributed by atoms with Crippen molar-refractivity contribution in [3.05, 3.63) is 39.9 Å². The lowest BCUT2D eigenvalue weighted by atomic mass is 10.1. The molecular weight excluding hydrogens is 208 g/mol. The van der Waals surface area contributed by atoms with Crippen LogP contribution in [0.3, 0.4) is 0 Å². The first-order valence-corrected chi connectivity index (χ1v) is 5.12. The molecule has 0 saturated carbocycles. The Morgan fingerprint density at radius 3 is 2.69 bits per heavy atom. The molecule has 88 valence electrons. The molecule has 0 heterocycles. The second-order valence-corrected chi connectivity index (χ2v) is 3.70. The number of rotatable bonds is 5. The minimum Gasteiger partial charge on any atom is -0.395 e. The highest BCUT2D eigenvalue weighted by Gasteiger charge is 2.20. The molecule has 0 aliphatic heterocycles. The number of hydrogen-bond donors (Lipinski definition) is 1. The van der Waals surface area contributed by atoms with Crippen LogP contribution in [-0.4, -0.2) is 35.1 Å². The first-order chi connectivity index (χ1) is 7.57. The minimum absolute atomic E-state index is 0.0431. The zero-order chi connectivity index (χ0) is 12.1. The van der Waals surface area contributed by atoms with Gasteiger partial charge < -0.3 is 5.11 Å². The van der Waals surface area contributed by atoms with E-state index in [1.165, 1.54) is 6.07 Å². The summed E-state index contributed by atoms with van der Waals surface area (Å²) in [6.45, 7) is 2.42. The molecule has 1 aromatic carbocycles. The van der Waals surface area contributed by atoms with Gasteiger partial charge in [0.25, 0.3) is 5.69 Å². The normalized spacial score (nSPS) is 12.8. The van der Waals surface area contributed by atoms with E-state index >= 15 is 0 Å². The van der Waals surface area contributed by atoms with Crippen molar-refractivity contribution < 1.29 is 10.0 Å². The number of para-hydroxylation sites is 1. The molecule has 1 unspecified atom stereocenters. The Kier molecular flexibility index (Phi) is 4.39. The largest absolute Gasteiger partial charge is 0.395 e. The third kappa shape index (κ3) is 2.77. The zero-order valence-corrected chi connectivity index (χ0v) is 9.46. The van der Waals surface area contributed by atoms with Crippen LogP contribution < -0.4 is 0 Å². The van der Waals surface area contributed by atoms with Crippen LogP contribution in [0.25, 0.3) is 0 Å². The molecule has 0 aliphatic carbocycles. The van der Waals surface area contributed by atoms with E-state index in [-0.39, 0.29) is 23.3 Å². The van der Waals surface area contributed by atoms with E-state index in [1.54, 1.807) is 18.2 Å². The lowest BCUT2D eigenvalue weighted by molar-refractivity contribution is -0.385. The summed E-state index contributed by atoms with van der Waals surface area (Å²) in [6, 6.07) is 6.59. The summed E-state index contributed by atoms with van der Waals surface area (Å²) >= 11 is 0. The Balaban J connectivity index is 2.98. The molecule has 0 amide bonds. The molecule has 1 rings (SSSR count). The molecule has 16 heavy (non-hydrogen) atoms. The van der Waals surface area contributed by atoms with Crippen LogP contribution >= 0.6 is 0 Å². The van der Waals surface area contributed by atoms with Crippen LogP contribution in [0.15, 0.2) is 24.3 Å². The van der Waals surface area contributed by atoms with E-state index in [9.17, 15) is 10.1 Å². The maximum absolute atomic E-state index is 10.8. The van der Waals surface area contributed by atoms with Crippen molar-refractivity contribution in [3.8, 4) is 0 Å². The SMILES string of the molecule is CC(c1ccccc1[N+](=O)[O-])N(C)CCO. The predicted octanol–water partition coefficient (Wildman–Crippen LogP) is 1.58. The number of aliphatic hydroxyl groups excluding tert-OH is 1. The fraction of sp³-hybridized carbons (Fsp3) is 0.455. The first kappa shape index (κ1) is 12.6. The highest BCUT2D eigenvalue weighted by Crippen LogP contribution is 2.27. The Labute approximate surface area is 94.5 Å². The van der Waals surface area contributed by atoms with Gasteiger partial charge in [-0.05, 0) is 14.0 Å². The first-order valence-electron chi connectivity index (χ1n) is 5.12. The van der Waals surface area contributed by atoms with E-state index in [1.807, 2.05) is 18.9 Å². The van der Waals surface area contributed by atoms with Gasteiger partial charge in [-0.2, -0.15) is 0 Å². The molecule has 0 aliphatic rings. The van der Waals surface area contributed by atoms with Gasteiger partial charge in [-0.3, -0.25) is 15.0 Å². The van der Waals surface area contributed by atoms with Crippen LogP contribution in [0.1, 0.15) is 18.5 Å². The van der Waals surface area contributed by atoms with E-state index in [4.69, 9.17) is 5.11 Å². The number of nitro groups is 1. The molecule has 0 bridgehead atoms. The second-order valence-electron chi connectivity index (χ2n) is 3.70. The monoisotopic (exact) mass is 224 g/mol. The smallest absolute Gasteiger partial charge is 0.274 e. The number of nitrogens with zero attached hydrogens (tertiary/aromatic N) is 2. The van der Waals surface area contributed by atoms with E-state index in [0.717, 1.165) is 0 Å². The fourth-order valence-corrected chi connectivity index (χ4v) is 1.60. The average molecular weight is 224 g/mol. The summed E-state index contributed by atoms with van der Waals surface area (Å²) in [7, 11) is 1.83. The summed E-state index contributed by atoms with van der Waals surface area (Å²) < 4.78 is 0. The maximum atomic E-state index is 10.8. The molecule has 5 heteroatoms. The zero-order valence-electron chi connectivity index (χ0n) is 9.46. The van der Waals surface area contributed by atoms with Crippen molar-refractivity contribution in [1.29, 1.82) is 0 Å². The van der Waals surface area contributed by atoms with Gasteiger partial charge in [0.15, 0.2) is 0 Å². The summed E-state index contributed by atoms with van der Waals surface area (Å²) in [4.78, 5) is 12.3. The lowest BCUT2D eigenvalue weighted by Gasteiger charge is -2.23. The van der Waals surface area contributed by atoms with Gasteiger partial charge in [-0.15, -0.1) is 0 Å². The topological polar surface area (TPSA) is 66.6 Å². The molecule has 0 saturated heterocycles. The van der Waals surface area contributed by atoms with Crippen LogP contribution in [0, 0.1) is 10.1 Å². The number of nitro benzene ring substituents is 1. The van der Waals surface area contributed by atoms with E-state index in [0.29, 0.717) is 12.1 Å². The number of benzene rings is 1. The number of likely N-dealkylation sites (N-methyl/N-ethyl adjacent to an activating group) is 1. The molecule has 5 nitrogen and oxygen atoms in total. The van der Waals surface area contributed by atoms with Gasteiger partial charge in [0.05, 0.1) is 11.5 Å². The van der Waals surface area contributed by atoms with Crippen molar-refractivity contribution in [1.82, 2.24) is 4.90 Å². The van der Waals surface area contributed by atoms with Gasteiger partial charge in [-0.1, -0.05) is 18.2 Å². The Hall–Kier alpha value is -1.46. The van der Waals surface area contributed by atoms with Crippen LogP contribution in [0.5, 0.6) is 0 Å². The second kappa shape index (κ2) is 5.58. The average Bonchev–Trinajstić information content (AvgIpc) is 2.28. The van der Waals surface area contributed by atoms with Crippen molar-refractivity contribution in [2.75, 3.05) is 20.2 Å². The minimum atomic E-state index is -0.376. The Bertz CT molecular complexity index is 368. The number of hydrogen-bond acceptors (Lipinski definition) is 4. The van der Waals surface area contributed by atoms with Crippen molar-refractivity contribution in [2.24, 2.45) is 0 Å². The Morgan fingerprint density at radius 2 is 2.12 bits per heavy atom. The van der Waals surface area contributed by atoms with Gasteiger partial charge >= 0.3 is 0 Å².